The molecular formula is C27H29ClF3N7O2. The molecule has 9 nitrogen and oxygen atoms in total. The largest absolute Gasteiger partial charge is 0.362 e. The molecule has 0 radical (unpaired) electrons. The molecule has 2 aromatic heterocycles. The highest BCUT2D eigenvalue weighted by Crippen LogP contribution is 2.45. The van der Waals surface area contributed by atoms with Gasteiger partial charge in [0.05, 0.1) is 29.4 Å². The third-order valence-corrected chi connectivity index (χ3v) is 7.94. The predicted molar refractivity (Wildman–Crippen MR) is 144 cm³/mol. The average molecular weight is 576 g/mol. The van der Waals surface area contributed by atoms with E-state index in [9.17, 15) is 14.0 Å². The molecule has 212 valence electrons. The molecule has 0 spiro atoms. The number of benzene rings is 1. The predicted octanol–water partition coefficient (Wildman–Crippen LogP) is 3.43. The zero-order valence-electron chi connectivity index (χ0n) is 22.5. The van der Waals surface area contributed by atoms with E-state index in [2.05, 4.69) is 15.4 Å². The maximum absolute atomic E-state index is 16.3. The van der Waals surface area contributed by atoms with E-state index in [1.807, 2.05) is 11.8 Å². The molecule has 2 aliphatic rings. The molecule has 1 atom stereocenters. The molecule has 2 aliphatic heterocycles. The van der Waals surface area contributed by atoms with E-state index in [0.29, 0.717) is 19.6 Å². The molecule has 13 heteroatoms. The molecule has 1 saturated heterocycles. The van der Waals surface area contributed by atoms with Crippen LogP contribution in [0.3, 0.4) is 0 Å². The van der Waals surface area contributed by atoms with Gasteiger partial charge in [0.1, 0.15) is 5.82 Å². The van der Waals surface area contributed by atoms with Crippen molar-refractivity contribution in [3.8, 4) is 0 Å². The van der Waals surface area contributed by atoms with Crippen LogP contribution < -0.4 is 10.2 Å². The lowest BCUT2D eigenvalue weighted by Gasteiger charge is -2.42. The summed E-state index contributed by atoms with van der Waals surface area (Å²) < 4.78 is 47.7. The Labute approximate surface area is 234 Å². The van der Waals surface area contributed by atoms with E-state index in [0.717, 1.165) is 11.1 Å². The molecule has 0 aliphatic carbocycles. The first kappa shape index (κ1) is 27.9. The highest BCUT2D eigenvalue weighted by Gasteiger charge is 2.47. The third-order valence-electron chi connectivity index (χ3n) is 7.65. The van der Waals surface area contributed by atoms with E-state index < -0.39 is 28.8 Å². The first-order valence-corrected chi connectivity index (χ1v) is 13.2. The first-order chi connectivity index (χ1) is 18.9. The number of amides is 2. The van der Waals surface area contributed by atoms with Gasteiger partial charge < -0.3 is 10.2 Å². The van der Waals surface area contributed by atoms with Gasteiger partial charge in [-0.1, -0.05) is 23.7 Å². The van der Waals surface area contributed by atoms with Crippen LogP contribution in [0.5, 0.6) is 0 Å². The number of nitrogens with one attached hydrogen (secondary N) is 1. The van der Waals surface area contributed by atoms with Crippen molar-refractivity contribution in [3.05, 3.63) is 69.8 Å². The highest BCUT2D eigenvalue weighted by atomic mass is 35.5. The molecule has 2 amide bonds. The standard InChI is InChI=1S/C27H29ClF3N7O2/c1-5-35(3)20(39)13-37-10-15(11-37)33-24-23(31)21-16(9-32-24)26(40)38(25-19(29)12-36(4)34-25)14-27(21,2)17-7-6-8-18(28)22(17)30/h6-9,12,15H,5,10-11,13-14H2,1-4H3,(H,32,33)/t27-/m1/s1. The fraction of sp³-hybridized carbons (Fsp3) is 0.407. The summed E-state index contributed by atoms with van der Waals surface area (Å²) in [5.41, 5.74) is -1.64. The topological polar surface area (TPSA) is 86.6 Å². The van der Waals surface area contributed by atoms with Crippen LogP contribution in [0.25, 0.3) is 0 Å². The van der Waals surface area contributed by atoms with Crippen LogP contribution in [-0.2, 0) is 17.3 Å². The number of nitrogens with zero attached hydrogens (tertiary/aromatic N) is 6. The van der Waals surface area contributed by atoms with Gasteiger partial charge in [-0.15, -0.1) is 0 Å². The van der Waals surface area contributed by atoms with Crippen molar-refractivity contribution in [3.63, 3.8) is 0 Å². The highest BCUT2D eigenvalue weighted by molar-refractivity contribution is 6.30. The maximum Gasteiger partial charge on any atom is 0.261 e. The van der Waals surface area contributed by atoms with Crippen molar-refractivity contribution in [1.29, 1.82) is 0 Å². The van der Waals surface area contributed by atoms with Crippen molar-refractivity contribution < 1.29 is 22.8 Å². The van der Waals surface area contributed by atoms with Crippen molar-refractivity contribution in [2.75, 3.05) is 50.0 Å². The molecule has 0 bridgehead atoms. The van der Waals surface area contributed by atoms with Gasteiger partial charge in [-0.2, -0.15) is 5.10 Å². The summed E-state index contributed by atoms with van der Waals surface area (Å²) in [5, 5.41) is 6.95. The lowest BCUT2D eigenvalue weighted by Crippen LogP contribution is -2.57. The van der Waals surface area contributed by atoms with Crippen LogP contribution in [0.1, 0.15) is 35.3 Å². The normalized spacial score (nSPS) is 19.4. The van der Waals surface area contributed by atoms with Gasteiger partial charge in [-0.25, -0.2) is 18.2 Å². The lowest BCUT2D eigenvalue weighted by atomic mass is 9.71. The quantitative estimate of drug-likeness (QED) is 0.465. The molecule has 1 fully saturated rings. The van der Waals surface area contributed by atoms with Gasteiger partial charge in [-0.05, 0) is 19.9 Å². The van der Waals surface area contributed by atoms with Gasteiger partial charge in [0.2, 0.25) is 5.91 Å². The van der Waals surface area contributed by atoms with Crippen LogP contribution >= 0.6 is 11.6 Å². The minimum atomic E-state index is -1.48. The lowest BCUT2D eigenvalue weighted by molar-refractivity contribution is -0.131. The van der Waals surface area contributed by atoms with Gasteiger partial charge in [0, 0.05) is 63.0 Å². The zero-order valence-corrected chi connectivity index (χ0v) is 23.3. The summed E-state index contributed by atoms with van der Waals surface area (Å²) >= 11 is 6.10. The summed E-state index contributed by atoms with van der Waals surface area (Å²) in [6, 6.07) is 4.18. The van der Waals surface area contributed by atoms with Crippen molar-refractivity contribution in [2.24, 2.45) is 7.05 Å². The van der Waals surface area contributed by atoms with Crippen molar-refractivity contribution >= 4 is 35.1 Å². The van der Waals surface area contributed by atoms with Crippen LogP contribution in [-0.4, -0.2) is 82.2 Å². The van der Waals surface area contributed by atoms with E-state index in [1.165, 1.54) is 36.1 Å². The Balaban J connectivity index is 1.51. The molecular weight excluding hydrogens is 547 g/mol. The number of aryl methyl sites for hydroxylation is 1. The fourth-order valence-electron chi connectivity index (χ4n) is 5.33. The third kappa shape index (κ3) is 4.68. The molecule has 5 rings (SSSR count). The summed E-state index contributed by atoms with van der Waals surface area (Å²) in [6.45, 7) is 5.02. The number of carbonyl (C=O) groups is 2. The number of rotatable bonds is 7. The minimum Gasteiger partial charge on any atom is -0.362 e. The van der Waals surface area contributed by atoms with Crippen molar-refractivity contribution in [2.45, 2.75) is 25.3 Å². The van der Waals surface area contributed by atoms with Gasteiger partial charge in [0.15, 0.2) is 23.3 Å². The number of hydrogen-bond acceptors (Lipinski definition) is 6. The van der Waals surface area contributed by atoms with Crippen molar-refractivity contribution in [1.82, 2.24) is 24.6 Å². The maximum atomic E-state index is 16.3. The van der Waals surface area contributed by atoms with Crippen LogP contribution in [0.4, 0.5) is 24.8 Å². The first-order valence-electron chi connectivity index (χ1n) is 12.8. The molecule has 0 saturated carbocycles. The second-order valence-electron chi connectivity index (χ2n) is 10.5. The van der Waals surface area contributed by atoms with E-state index in [-0.39, 0.29) is 58.4 Å². The second kappa shape index (κ2) is 10.4. The Hall–Kier alpha value is -3.64. The Morgan fingerprint density at radius 3 is 2.62 bits per heavy atom. The second-order valence-corrected chi connectivity index (χ2v) is 10.9. The number of aromatic nitrogens is 3. The van der Waals surface area contributed by atoms with E-state index >= 15 is 8.78 Å². The number of likely N-dealkylation sites (N-methyl/N-ethyl adjacent to an activating group) is 1. The number of pyridine rings is 1. The molecule has 40 heavy (non-hydrogen) atoms. The number of carbonyl (C=O) groups excluding carboxylic acids is 2. The van der Waals surface area contributed by atoms with Gasteiger partial charge >= 0.3 is 0 Å². The Morgan fingerprint density at radius 2 is 1.98 bits per heavy atom. The zero-order chi connectivity index (χ0) is 28.9. The SMILES string of the molecule is CCN(C)C(=O)CN1CC(Nc2ncc3c(c2F)[C@@](C)(c2cccc(Cl)c2F)CN(c2nn(C)cc2F)C3=O)C1. The molecule has 0 unspecified atom stereocenters. The van der Waals surface area contributed by atoms with Gasteiger partial charge in [-0.3, -0.25) is 24.1 Å². The van der Waals surface area contributed by atoms with Crippen LogP contribution in [0, 0.1) is 17.5 Å². The van der Waals surface area contributed by atoms with Gasteiger partial charge in [0.25, 0.3) is 5.91 Å². The number of likely N-dealkylation sites (tertiary alicyclic amines) is 1. The summed E-state index contributed by atoms with van der Waals surface area (Å²) in [6.07, 6.45) is 2.32. The minimum absolute atomic E-state index is 0.00855. The summed E-state index contributed by atoms with van der Waals surface area (Å²) in [4.78, 5) is 34.5. The fourth-order valence-corrected chi connectivity index (χ4v) is 5.50. The summed E-state index contributed by atoms with van der Waals surface area (Å²) in [7, 11) is 3.23. The number of hydrogen-bond donors (Lipinski definition) is 1. The summed E-state index contributed by atoms with van der Waals surface area (Å²) in [5.74, 6) is -3.40. The monoisotopic (exact) mass is 575 g/mol. The Bertz CT molecular complexity index is 1490. The van der Waals surface area contributed by atoms with E-state index in [1.54, 1.807) is 18.9 Å². The Morgan fingerprint density at radius 1 is 1.25 bits per heavy atom. The number of anilines is 2. The molecule has 3 aromatic rings. The van der Waals surface area contributed by atoms with Crippen LogP contribution in [0.2, 0.25) is 5.02 Å². The molecule has 4 heterocycles. The number of halogens is 4. The molecule has 1 aromatic carbocycles. The molecule has 1 N–H and O–H groups in total. The smallest absolute Gasteiger partial charge is 0.261 e. The number of fused-ring (bicyclic) bond motifs is 1. The van der Waals surface area contributed by atoms with E-state index in [4.69, 9.17) is 11.6 Å². The Kier molecular flexibility index (Phi) is 7.26. The van der Waals surface area contributed by atoms with Crippen LogP contribution in [0.15, 0.2) is 30.6 Å². The average Bonchev–Trinajstić information content (AvgIpc) is 3.23.